The van der Waals surface area contributed by atoms with Crippen LogP contribution in [0.25, 0.3) is 0 Å². The van der Waals surface area contributed by atoms with Gasteiger partial charge in [0.15, 0.2) is 9.03 Å². The average Bonchev–Trinajstić information content (AvgIpc) is 1.69. The normalized spacial score (nSPS) is 8.25. The first-order valence-electron chi connectivity index (χ1n) is 1.80. The van der Waals surface area contributed by atoms with Gasteiger partial charge in [-0.3, -0.25) is 0 Å². The van der Waals surface area contributed by atoms with E-state index in [4.69, 9.17) is 11.5 Å². The van der Waals surface area contributed by atoms with Crippen LogP contribution in [0, 0.1) is 0 Å². The highest BCUT2D eigenvalue weighted by molar-refractivity contribution is 7.26. The Bertz CT molecular complexity index is 37.2. The van der Waals surface area contributed by atoms with Gasteiger partial charge in [0.25, 0.3) is 0 Å². The molecule has 0 amide bonds. The molecular formula is C2H10ClN2O2P. The topological polar surface area (TPSA) is 70.5 Å². The van der Waals surface area contributed by atoms with Crippen molar-refractivity contribution < 1.29 is 9.05 Å². The maximum absolute atomic E-state index is 4.93. The molecule has 0 spiro atoms. The Kier molecular flexibility index (Phi) is 15.0. The molecule has 8 heavy (non-hydrogen) atoms. The molecule has 4 nitrogen and oxygen atoms in total. The third-order valence-electron chi connectivity index (χ3n) is 0.285. The van der Waals surface area contributed by atoms with Crippen molar-refractivity contribution >= 4 is 21.4 Å². The zero-order valence-electron chi connectivity index (χ0n) is 4.29. The number of hydrogen-bond acceptors (Lipinski definition) is 4. The van der Waals surface area contributed by atoms with Crippen LogP contribution in [0.5, 0.6) is 0 Å². The molecule has 0 heterocycles. The summed E-state index contributed by atoms with van der Waals surface area (Å²) in [5, 5.41) is 0. The molecule has 0 aliphatic carbocycles. The lowest BCUT2D eigenvalue weighted by Gasteiger charge is -1.96. The summed E-state index contributed by atoms with van der Waals surface area (Å²) in [6.45, 7) is 0.386. The number of halogens is 1. The van der Waals surface area contributed by atoms with Crippen LogP contribution in [0.3, 0.4) is 0 Å². The van der Waals surface area contributed by atoms with E-state index in [0.29, 0.717) is 0 Å². The van der Waals surface area contributed by atoms with E-state index in [-0.39, 0.29) is 34.9 Å². The molecule has 0 atom stereocenters. The predicted molar refractivity (Wildman–Crippen MR) is 35.8 cm³/mol. The molecule has 4 N–H and O–H groups in total. The largest absolute Gasteiger partial charge is 0.321 e. The second-order valence-corrected chi connectivity index (χ2v) is 1.45. The van der Waals surface area contributed by atoms with Crippen LogP contribution in [0.2, 0.25) is 0 Å². The maximum Gasteiger partial charge on any atom is 0.157 e. The highest BCUT2D eigenvalue weighted by atomic mass is 35.5. The lowest BCUT2D eigenvalue weighted by molar-refractivity contribution is 0.278. The van der Waals surface area contributed by atoms with Crippen LogP contribution >= 0.6 is 21.4 Å². The van der Waals surface area contributed by atoms with E-state index < -0.39 is 0 Å². The number of nitrogens with two attached hydrogens (primary N) is 2. The van der Waals surface area contributed by atoms with Gasteiger partial charge in [-0.15, -0.1) is 12.4 Å². The van der Waals surface area contributed by atoms with Crippen LogP contribution in [0.1, 0.15) is 0 Å². The first-order valence-corrected chi connectivity index (χ1v) is 2.62. The van der Waals surface area contributed by atoms with Crippen LogP contribution in [0.15, 0.2) is 0 Å². The molecular weight excluding hydrogens is 150 g/mol. The standard InChI is InChI=1S/C2H9N2O2P.ClH/c3-1-5-7-6-2-4;/h7H,1-4H2;1H. The molecule has 0 aliphatic heterocycles. The monoisotopic (exact) mass is 160 g/mol. The van der Waals surface area contributed by atoms with E-state index in [2.05, 4.69) is 9.05 Å². The molecule has 0 saturated heterocycles. The first-order chi connectivity index (χ1) is 3.41. The zero-order chi connectivity index (χ0) is 5.54. The second-order valence-electron chi connectivity index (χ2n) is 0.705. The predicted octanol–water partition coefficient (Wildman–Crippen LogP) is -0.218. The molecule has 0 aromatic carbocycles. The quantitative estimate of drug-likeness (QED) is 0.339. The van der Waals surface area contributed by atoms with Gasteiger partial charge in [0.2, 0.25) is 0 Å². The summed E-state index contributed by atoms with van der Waals surface area (Å²) in [6.07, 6.45) is 0. The molecule has 0 aliphatic rings. The van der Waals surface area contributed by atoms with Crippen molar-refractivity contribution in [3.63, 3.8) is 0 Å². The second kappa shape index (κ2) is 10.5. The van der Waals surface area contributed by atoms with Gasteiger partial charge in [-0.2, -0.15) is 0 Å². The third-order valence-corrected chi connectivity index (χ3v) is 0.854. The minimum absolute atomic E-state index is 0. The first kappa shape index (κ1) is 11.4. The fourth-order valence-corrected chi connectivity index (χ4v) is 0.329. The van der Waals surface area contributed by atoms with Gasteiger partial charge in [-0.25, -0.2) is 0 Å². The van der Waals surface area contributed by atoms with Crippen molar-refractivity contribution in [2.24, 2.45) is 11.5 Å². The Morgan fingerprint density at radius 2 is 1.50 bits per heavy atom. The van der Waals surface area contributed by atoms with Crippen molar-refractivity contribution in [2.75, 3.05) is 13.5 Å². The summed E-state index contributed by atoms with van der Waals surface area (Å²) in [5.74, 6) is 0. The molecule has 0 unspecified atom stereocenters. The fourth-order valence-electron chi connectivity index (χ4n) is 0.110. The Hall–Kier alpha value is 0.560. The minimum atomic E-state index is -0.0177. The van der Waals surface area contributed by atoms with Gasteiger partial charge in [-0.05, 0) is 0 Å². The fraction of sp³-hybridized carbons (Fsp3) is 1.00. The average molecular weight is 161 g/mol. The lowest BCUT2D eigenvalue weighted by atomic mass is 11.4. The van der Waals surface area contributed by atoms with Gasteiger partial charge < -0.3 is 20.5 Å². The van der Waals surface area contributed by atoms with Crippen molar-refractivity contribution in [2.45, 2.75) is 0 Å². The van der Waals surface area contributed by atoms with Crippen LogP contribution < -0.4 is 11.5 Å². The van der Waals surface area contributed by atoms with E-state index in [9.17, 15) is 0 Å². The molecule has 0 saturated carbocycles. The molecule has 0 aromatic heterocycles. The van der Waals surface area contributed by atoms with Gasteiger partial charge in [-0.1, -0.05) is 0 Å². The van der Waals surface area contributed by atoms with Gasteiger partial charge in [0.05, 0.1) is 0 Å². The van der Waals surface area contributed by atoms with Crippen molar-refractivity contribution in [1.82, 2.24) is 0 Å². The summed E-state index contributed by atoms with van der Waals surface area (Å²) < 4.78 is 9.15. The SMILES string of the molecule is Cl.NCOPOCN. The summed E-state index contributed by atoms with van der Waals surface area (Å²) in [7, 11) is -0.0177. The smallest absolute Gasteiger partial charge is 0.157 e. The Morgan fingerprint density at radius 3 is 1.75 bits per heavy atom. The van der Waals surface area contributed by atoms with Crippen molar-refractivity contribution in [1.29, 1.82) is 0 Å². The molecule has 0 radical (unpaired) electrons. The summed E-state index contributed by atoms with van der Waals surface area (Å²) in [6, 6.07) is 0. The highest BCUT2D eigenvalue weighted by Gasteiger charge is 1.77. The van der Waals surface area contributed by atoms with E-state index in [1.165, 1.54) is 0 Å². The van der Waals surface area contributed by atoms with E-state index in [1.54, 1.807) is 0 Å². The Morgan fingerprint density at radius 1 is 1.12 bits per heavy atom. The Balaban J connectivity index is 0. The maximum atomic E-state index is 4.93. The van der Waals surface area contributed by atoms with E-state index in [0.717, 1.165) is 0 Å². The summed E-state index contributed by atoms with van der Waals surface area (Å²) >= 11 is 0. The van der Waals surface area contributed by atoms with Crippen molar-refractivity contribution in [3.8, 4) is 0 Å². The third kappa shape index (κ3) is 9.75. The van der Waals surface area contributed by atoms with Gasteiger partial charge in [0, 0.05) is 0 Å². The molecule has 52 valence electrons. The Labute approximate surface area is 56.3 Å². The van der Waals surface area contributed by atoms with Crippen molar-refractivity contribution in [3.05, 3.63) is 0 Å². The molecule has 0 aromatic rings. The minimum Gasteiger partial charge on any atom is -0.321 e. The molecule has 0 rings (SSSR count). The summed E-state index contributed by atoms with van der Waals surface area (Å²) in [4.78, 5) is 0. The van der Waals surface area contributed by atoms with Crippen LogP contribution in [-0.4, -0.2) is 13.5 Å². The number of hydrogen-bond donors (Lipinski definition) is 2. The molecule has 0 fully saturated rings. The zero-order valence-corrected chi connectivity index (χ0v) is 6.11. The number of rotatable bonds is 4. The van der Waals surface area contributed by atoms with Gasteiger partial charge in [0.1, 0.15) is 13.5 Å². The van der Waals surface area contributed by atoms with Crippen LogP contribution in [-0.2, 0) is 9.05 Å². The highest BCUT2D eigenvalue weighted by Crippen LogP contribution is 2.08. The van der Waals surface area contributed by atoms with Gasteiger partial charge >= 0.3 is 0 Å². The summed E-state index contributed by atoms with van der Waals surface area (Å²) in [5.41, 5.74) is 9.87. The molecule has 6 heteroatoms. The van der Waals surface area contributed by atoms with E-state index >= 15 is 0 Å². The molecule has 0 bridgehead atoms. The van der Waals surface area contributed by atoms with Crippen LogP contribution in [0.4, 0.5) is 0 Å². The lowest BCUT2D eigenvalue weighted by Crippen LogP contribution is -2.01. The van der Waals surface area contributed by atoms with E-state index in [1.807, 2.05) is 0 Å².